The van der Waals surface area contributed by atoms with Crippen molar-refractivity contribution in [2.24, 2.45) is 0 Å². The molecule has 7 nitrogen and oxygen atoms in total. The molecule has 0 spiro atoms. The van der Waals surface area contributed by atoms with Crippen LogP contribution in [0.2, 0.25) is 5.02 Å². The number of rotatable bonds is 12. The first kappa shape index (κ1) is 35.9. The van der Waals surface area contributed by atoms with E-state index in [1.54, 1.807) is 12.1 Å². The van der Waals surface area contributed by atoms with Gasteiger partial charge in [0.25, 0.3) is 10.0 Å². The van der Waals surface area contributed by atoms with Gasteiger partial charge in [-0.1, -0.05) is 97.2 Å². The molecule has 0 unspecified atom stereocenters. The lowest BCUT2D eigenvalue weighted by Gasteiger charge is -2.34. The first-order valence-electron chi connectivity index (χ1n) is 16.0. The van der Waals surface area contributed by atoms with Crippen molar-refractivity contribution in [2.45, 2.75) is 68.7 Å². The molecule has 4 aromatic rings. The summed E-state index contributed by atoms with van der Waals surface area (Å²) in [6.45, 7) is 0.931. The molecule has 0 bridgehead atoms. The van der Waals surface area contributed by atoms with Crippen LogP contribution in [0.25, 0.3) is 0 Å². The molecule has 1 atom stereocenters. The Balaban J connectivity index is 1.61. The van der Waals surface area contributed by atoms with E-state index in [1.807, 2.05) is 55.5 Å². The third-order valence-electron chi connectivity index (χ3n) is 8.73. The number of nitrogens with one attached hydrogen (secondary N) is 1. The van der Waals surface area contributed by atoms with Crippen LogP contribution in [-0.2, 0) is 38.8 Å². The number of carbonyl (C=O) groups is 2. The van der Waals surface area contributed by atoms with Gasteiger partial charge in [0.1, 0.15) is 12.6 Å². The van der Waals surface area contributed by atoms with E-state index in [9.17, 15) is 31.2 Å². The lowest BCUT2D eigenvalue weighted by atomic mass is 10.0. The average Bonchev–Trinajstić information content (AvgIpc) is 3.59. The normalized spacial score (nSPS) is 14.3. The summed E-state index contributed by atoms with van der Waals surface area (Å²) >= 11 is 5.89. The van der Waals surface area contributed by atoms with Crippen LogP contribution in [0.1, 0.15) is 47.9 Å². The van der Waals surface area contributed by atoms with E-state index in [2.05, 4.69) is 5.32 Å². The second-order valence-electron chi connectivity index (χ2n) is 12.1. The van der Waals surface area contributed by atoms with Gasteiger partial charge in [0.15, 0.2) is 0 Å². The smallest absolute Gasteiger partial charge is 0.352 e. The molecule has 1 aliphatic carbocycles. The van der Waals surface area contributed by atoms with E-state index in [0.29, 0.717) is 10.4 Å². The van der Waals surface area contributed by atoms with Crippen molar-refractivity contribution >= 4 is 39.1 Å². The highest BCUT2D eigenvalue weighted by atomic mass is 35.5. The number of alkyl halides is 3. The molecule has 0 radical (unpaired) electrons. The van der Waals surface area contributed by atoms with E-state index < -0.39 is 51.0 Å². The second-order valence-corrected chi connectivity index (χ2v) is 14.4. The quantitative estimate of drug-likeness (QED) is 0.164. The molecule has 4 aromatic carbocycles. The van der Waals surface area contributed by atoms with Gasteiger partial charge in [-0.2, -0.15) is 13.2 Å². The topological polar surface area (TPSA) is 86.8 Å². The molecule has 5 rings (SSSR count). The highest BCUT2D eigenvalue weighted by molar-refractivity contribution is 7.92. The van der Waals surface area contributed by atoms with Crippen LogP contribution >= 0.6 is 11.6 Å². The Morgan fingerprint density at radius 2 is 1.51 bits per heavy atom. The lowest BCUT2D eigenvalue weighted by Crippen LogP contribution is -2.54. The van der Waals surface area contributed by atoms with Gasteiger partial charge < -0.3 is 10.2 Å². The summed E-state index contributed by atoms with van der Waals surface area (Å²) in [6, 6.07) is 25.2. The molecule has 12 heteroatoms. The van der Waals surface area contributed by atoms with Gasteiger partial charge in [0.2, 0.25) is 11.8 Å². The van der Waals surface area contributed by atoms with Crippen molar-refractivity contribution in [3.63, 3.8) is 0 Å². The number of carbonyl (C=O) groups excluding carboxylic acids is 2. The second kappa shape index (κ2) is 15.5. The maximum atomic E-state index is 14.6. The minimum absolute atomic E-state index is 0.0469. The Kier molecular flexibility index (Phi) is 11.3. The van der Waals surface area contributed by atoms with E-state index in [0.717, 1.165) is 54.5 Å². The summed E-state index contributed by atoms with van der Waals surface area (Å²) in [5.74, 6) is -1.16. The van der Waals surface area contributed by atoms with Crippen LogP contribution in [0.3, 0.4) is 0 Å². The van der Waals surface area contributed by atoms with Gasteiger partial charge >= 0.3 is 6.18 Å². The number of amides is 2. The molecule has 1 saturated carbocycles. The molecule has 1 N–H and O–H groups in total. The Hall–Kier alpha value is -4.35. The number of nitrogens with zero attached hydrogens (tertiary/aromatic N) is 2. The summed E-state index contributed by atoms with van der Waals surface area (Å²) in [6.07, 6.45) is -1.23. The number of hydrogen-bond donors (Lipinski definition) is 1. The van der Waals surface area contributed by atoms with Crippen LogP contribution in [0.15, 0.2) is 108 Å². The molecule has 1 aliphatic rings. The summed E-state index contributed by atoms with van der Waals surface area (Å²) in [7, 11) is -4.59. The summed E-state index contributed by atoms with van der Waals surface area (Å²) in [4.78, 5) is 29.9. The maximum Gasteiger partial charge on any atom is 0.417 e. The number of hydrogen-bond acceptors (Lipinski definition) is 4. The predicted octanol–water partition coefficient (Wildman–Crippen LogP) is 7.56. The first-order chi connectivity index (χ1) is 23.3. The number of benzene rings is 4. The Morgan fingerprint density at radius 3 is 2.14 bits per heavy atom. The van der Waals surface area contributed by atoms with Gasteiger partial charge in [-0.15, -0.1) is 0 Å². The number of halogens is 4. The fraction of sp³-hybridized carbons (Fsp3) is 0.297. The zero-order valence-electron chi connectivity index (χ0n) is 26.9. The Bertz CT molecular complexity index is 1870. The minimum atomic E-state index is -4.89. The van der Waals surface area contributed by atoms with E-state index in [4.69, 9.17) is 11.6 Å². The van der Waals surface area contributed by atoms with Crippen molar-refractivity contribution in [2.75, 3.05) is 10.8 Å². The molecule has 49 heavy (non-hydrogen) atoms. The number of aryl methyl sites for hydroxylation is 1. The van der Waals surface area contributed by atoms with Crippen molar-refractivity contribution in [1.82, 2.24) is 10.2 Å². The van der Waals surface area contributed by atoms with Crippen LogP contribution in [0, 0.1) is 6.92 Å². The molecular formula is C37H37ClF3N3O4S. The maximum absolute atomic E-state index is 14.6. The number of sulfonamides is 1. The fourth-order valence-corrected chi connectivity index (χ4v) is 7.68. The Labute approximate surface area is 289 Å². The zero-order valence-corrected chi connectivity index (χ0v) is 28.4. The summed E-state index contributed by atoms with van der Waals surface area (Å²) in [5, 5.41) is 2.48. The zero-order chi connectivity index (χ0) is 35.2. The molecule has 258 valence electrons. The van der Waals surface area contributed by atoms with E-state index in [-0.39, 0.29) is 29.8 Å². The molecule has 0 aromatic heterocycles. The SMILES string of the molecule is Cc1ccccc1CN(C(=O)CN(c1ccc(Cl)c(C(F)(F)F)c1)S(=O)(=O)c1ccccc1)[C@H](Cc1ccccc1)C(=O)NC1CCCC1. The van der Waals surface area contributed by atoms with Crippen LogP contribution in [0.5, 0.6) is 0 Å². The molecule has 0 heterocycles. The average molecular weight is 712 g/mol. The van der Waals surface area contributed by atoms with E-state index in [1.165, 1.54) is 29.2 Å². The monoisotopic (exact) mass is 711 g/mol. The lowest BCUT2D eigenvalue weighted by molar-refractivity contribution is -0.140. The fourth-order valence-electron chi connectivity index (χ4n) is 6.03. The van der Waals surface area contributed by atoms with Gasteiger partial charge in [0, 0.05) is 19.0 Å². The van der Waals surface area contributed by atoms with Gasteiger partial charge in [-0.05, 0) is 66.8 Å². The van der Waals surface area contributed by atoms with Crippen LogP contribution in [-0.4, -0.2) is 43.8 Å². The minimum Gasteiger partial charge on any atom is -0.352 e. The first-order valence-corrected chi connectivity index (χ1v) is 17.8. The van der Waals surface area contributed by atoms with Crippen molar-refractivity contribution in [3.05, 3.63) is 130 Å². The van der Waals surface area contributed by atoms with Crippen LogP contribution in [0.4, 0.5) is 18.9 Å². The van der Waals surface area contributed by atoms with Gasteiger partial charge in [0.05, 0.1) is 21.2 Å². The Morgan fingerprint density at radius 1 is 0.898 bits per heavy atom. The third kappa shape index (κ3) is 8.82. The molecular weight excluding hydrogens is 675 g/mol. The molecule has 0 saturated heterocycles. The highest BCUT2D eigenvalue weighted by Gasteiger charge is 2.38. The summed E-state index contributed by atoms with van der Waals surface area (Å²) in [5.41, 5.74) is 0.696. The number of anilines is 1. The highest BCUT2D eigenvalue weighted by Crippen LogP contribution is 2.38. The van der Waals surface area contributed by atoms with Crippen molar-refractivity contribution in [3.8, 4) is 0 Å². The summed E-state index contributed by atoms with van der Waals surface area (Å²) < 4.78 is 70.9. The predicted molar refractivity (Wildman–Crippen MR) is 183 cm³/mol. The largest absolute Gasteiger partial charge is 0.417 e. The van der Waals surface area contributed by atoms with Crippen molar-refractivity contribution < 1.29 is 31.2 Å². The van der Waals surface area contributed by atoms with Gasteiger partial charge in [-0.3, -0.25) is 13.9 Å². The standard InChI is InChI=1S/C37H37ClF3N3O4S/c1-26-12-8-9-15-28(26)24-43(34(22-27-13-4-2-5-14-27)36(46)42-29-16-10-11-17-29)35(45)25-44(49(47,48)31-18-6-3-7-19-31)30-20-21-33(38)32(23-30)37(39,40)41/h2-9,12-15,18-21,23,29,34H,10-11,16-17,22,24-25H2,1H3,(H,42,46)/t34-/m1/s1. The molecule has 1 fully saturated rings. The van der Waals surface area contributed by atoms with Gasteiger partial charge in [-0.25, -0.2) is 8.42 Å². The van der Waals surface area contributed by atoms with Crippen molar-refractivity contribution in [1.29, 1.82) is 0 Å². The third-order valence-corrected chi connectivity index (χ3v) is 10.8. The molecule has 2 amide bonds. The molecule has 0 aliphatic heterocycles. The van der Waals surface area contributed by atoms with E-state index >= 15 is 0 Å². The van der Waals surface area contributed by atoms with Crippen LogP contribution < -0.4 is 9.62 Å².